The minimum Gasteiger partial charge on any atom is -0.481 e. The summed E-state index contributed by atoms with van der Waals surface area (Å²) in [5.41, 5.74) is 2.63. The lowest BCUT2D eigenvalue weighted by molar-refractivity contribution is -0.141. The van der Waals surface area contributed by atoms with Crippen LogP contribution in [-0.4, -0.2) is 41.7 Å². The third-order valence-electron chi connectivity index (χ3n) is 4.32. The summed E-state index contributed by atoms with van der Waals surface area (Å²) >= 11 is 6.05. The van der Waals surface area contributed by atoms with Gasteiger partial charge in [0, 0.05) is 30.7 Å². The van der Waals surface area contributed by atoms with Gasteiger partial charge in [-0.1, -0.05) is 17.7 Å². The molecule has 2 N–H and O–H groups in total. The van der Waals surface area contributed by atoms with Crippen molar-refractivity contribution in [3.05, 3.63) is 34.3 Å². The Morgan fingerprint density at radius 3 is 2.70 bits per heavy atom. The zero-order valence-electron chi connectivity index (χ0n) is 12.5. The molecule has 23 heavy (non-hydrogen) atoms. The first kappa shape index (κ1) is 22.8. The van der Waals surface area contributed by atoms with Crippen molar-refractivity contribution in [1.82, 2.24) is 10.2 Å². The van der Waals surface area contributed by atoms with Crippen LogP contribution in [0.5, 0.6) is 0 Å². The van der Waals surface area contributed by atoms with Gasteiger partial charge in [0.2, 0.25) is 0 Å². The molecular weight excluding hydrogens is 382 g/mol. The van der Waals surface area contributed by atoms with E-state index >= 15 is 0 Å². The van der Waals surface area contributed by atoms with Gasteiger partial charge in [-0.05, 0) is 42.6 Å². The van der Waals surface area contributed by atoms with Gasteiger partial charge in [0.25, 0.3) is 0 Å². The number of halogens is 4. The Morgan fingerprint density at radius 1 is 1.30 bits per heavy atom. The Morgan fingerprint density at radius 2 is 2.04 bits per heavy atom. The highest BCUT2D eigenvalue weighted by Gasteiger charge is 2.30. The van der Waals surface area contributed by atoms with Crippen LogP contribution in [0.4, 0.5) is 0 Å². The topological polar surface area (TPSA) is 52.6 Å². The van der Waals surface area contributed by atoms with Crippen molar-refractivity contribution >= 4 is 54.8 Å². The molecule has 1 saturated heterocycles. The monoisotopic (exact) mass is 402 g/mol. The standard InChI is InChI=1S/C15H19ClN2O2.3ClH/c16-13-2-1-10-7-17-14(6-12(10)5-13)9-18-4-3-11(8-18)15(19)20;;;/h1-2,5,11,14,17H,3-4,6-9H2,(H,19,20);3*1H. The van der Waals surface area contributed by atoms with Gasteiger partial charge in [-0.25, -0.2) is 0 Å². The minimum atomic E-state index is -0.666. The van der Waals surface area contributed by atoms with Crippen LogP contribution < -0.4 is 5.32 Å². The molecule has 2 aliphatic rings. The highest BCUT2D eigenvalue weighted by atomic mass is 35.5. The molecule has 2 atom stereocenters. The van der Waals surface area contributed by atoms with E-state index in [1.54, 1.807) is 0 Å². The number of carbonyl (C=O) groups is 1. The Bertz CT molecular complexity index is 530. The number of aliphatic carboxylic acids is 1. The highest BCUT2D eigenvalue weighted by Crippen LogP contribution is 2.23. The van der Waals surface area contributed by atoms with Crippen LogP contribution in [0.25, 0.3) is 0 Å². The van der Waals surface area contributed by atoms with Gasteiger partial charge in [-0.2, -0.15) is 0 Å². The fourth-order valence-electron chi connectivity index (χ4n) is 3.19. The molecule has 0 amide bonds. The van der Waals surface area contributed by atoms with Gasteiger partial charge >= 0.3 is 5.97 Å². The lowest BCUT2D eigenvalue weighted by Crippen LogP contribution is -2.44. The first-order valence-electron chi connectivity index (χ1n) is 7.07. The minimum absolute atomic E-state index is 0. The number of benzene rings is 1. The van der Waals surface area contributed by atoms with Gasteiger partial charge in [-0.15, -0.1) is 37.2 Å². The zero-order chi connectivity index (χ0) is 14.1. The number of carboxylic acid groups (broad SMARTS) is 1. The van der Waals surface area contributed by atoms with Crippen LogP contribution in [-0.2, 0) is 17.8 Å². The van der Waals surface area contributed by atoms with E-state index < -0.39 is 5.97 Å². The molecule has 0 bridgehead atoms. The van der Waals surface area contributed by atoms with Crippen LogP contribution in [0.1, 0.15) is 17.5 Å². The molecule has 1 aromatic rings. The second-order valence-electron chi connectivity index (χ2n) is 5.78. The first-order chi connectivity index (χ1) is 9.61. The lowest BCUT2D eigenvalue weighted by atomic mass is 9.95. The molecule has 3 rings (SSSR count). The Kier molecular flexibility index (Phi) is 9.82. The molecule has 1 fully saturated rings. The van der Waals surface area contributed by atoms with Crippen molar-refractivity contribution in [3.63, 3.8) is 0 Å². The molecule has 8 heteroatoms. The Hall–Kier alpha value is -0.230. The maximum Gasteiger partial charge on any atom is 0.307 e. The summed E-state index contributed by atoms with van der Waals surface area (Å²) in [6, 6.07) is 6.44. The van der Waals surface area contributed by atoms with Gasteiger partial charge in [0.1, 0.15) is 0 Å². The normalized spacial score (nSPS) is 23.0. The number of rotatable bonds is 3. The Labute approximate surface area is 160 Å². The van der Waals surface area contributed by atoms with E-state index in [-0.39, 0.29) is 43.1 Å². The zero-order valence-corrected chi connectivity index (χ0v) is 15.7. The van der Waals surface area contributed by atoms with E-state index in [0.29, 0.717) is 12.6 Å². The molecule has 0 radical (unpaired) electrons. The summed E-state index contributed by atoms with van der Waals surface area (Å²) in [7, 11) is 0. The molecule has 132 valence electrons. The van der Waals surface area contributed by atoms with Crippen LogP contribution in [0.2, 0.25) is 5.02 Å². The third kappa shape index (κ3) is 5.66. The predicted octanol–water partition coefficient (Wildman–Crippen LogP) is 3.03. The number of hydrogen-bond donors (Lipinski definition) is 2. The summed E-state index contributed by atoms with van der Waals surface area (Å²) < 4.78 is 0. The van der Waals surface area contributed by atoms with Crippen molar-refractivity contribution in [3.8, 4) is 0 Å². The van der Waals surface area contributed by atoms with Crippen LogP contribution in [0.15, 0.2) is 18.2 Å². The lowest BCUT2D eigenvalue weighted by Gasteiger charge is -2.29. The quantitative estimate of drug-likeness (QED) is 0.814. The fourth-order valence-corrected chi connectivity index (χ4v) is 3.38. The van der Waals surface area contributed by atoms with Crippen molar-refractivity contribution in [2.24, 2.45) is 5.92 Å². The number of likely N-dealkylation sites (tertiary alicyclic amines) is 1. The van der Waals surface area contributed by atoms with Crippen molar-refractivity contribution in [1.29, 1.82) is 0 Å². The summed E-state index contributed by atoms with van der Waals surface area (Å²) in [4.78, 5) is 13.2. The molecule has 0 aliphatic carbocycles. The molecule has 2 aliphatic heterocycles. The average molecular weight is 404 g/mol. The van der Waals surface area contributed by atoms with Crippen LogP contribution >= 0.6 is 48.8 Å². The maximum absolute atomic E-state index is 11.0. The molecule has 2 unspecified atom stereocenters. The molecule has 1 aromatic carbocycles. The Balaban J connectivity index is 0.00000161. The first-order valence-corrected chi connectivity index (χ1v) is 7.45. The van der Waals surface area contributed by atoms with Crippen molar-refractivity contribution in [2.45, 2.75) is 25.4 Å². The largest absolute Gasteiger partial charge is 0.481 e. The van der Waals surface area contributed by atoms with E-state index in [4.69, 9.17) is 16.7 Å². The predicted molar refractivity (Wildman–Crippen MR) is 99.7 cm³/mol. The van der Waals surface area contributed by atoms with Crippen LogP contribution in [0, 0.1) is 5.92 Å². The number of fused-ring (bicyclic) bond motifs is 1. The van der Waals surface area contributed by atoms with E-state index in [9.17, 15) is 4.79 Å². The van der Waals surface area contributed by atoms with Gasteiger partial charge < -0.3 is 15.3 Å². The van der Waals surface area contributed by atoms with Gasteiger partial charge in [0.15, 0.2) is 0 Å². The van der Waals surface area contributed by atoms with E-state index in [0.717, 1.165) is 37.5 Å². The summed E-state index contributed by atoms with van der Waals surface area (Å²) in [5, 5.41) is 13.4. The highest BCUT2D eigenvalue weighted by molar-refractivity contribution is 6.30. The van der Waals surface area contributed by atoms with E-state index in [2.05, 4.69) is 22.3 Å². The average Bonchev–Trinajstić information content (AvgIpc) is 2.87. The SMILES string of the molecule is Cl.Cl.Cl.O=C(O)C1CCN(CC2Cc3cc(Cl)ccc3CN2)C1. The molecule has 2 heterocycles. The van der Waals surface area contributed by atoms with E-state index in [1.807, 2.05) is 6.07 Å². The molecule has 0 saturated carbocycles. The summed E-state index contributed by atoms with van der Waals surface area (Å²) in [5.74, 6) is -0.860. The smallest absolute Gasteiger partial charge is 0.307 e. The number of hydrogen-bond acceptors (Lipinski definition) is 3. The number of nitrogens with one attached hydrogen (secondary N) is 1. The van der Waals surface area contributed by atoms with Gasteiger partial charge in [-0.3, -0.25) is 4.79 Å². The molecule has 4 nitrogen and oxygen atoms in total. The molecule has 0 aromatic heterocycles. The number of nitrogens with zero attached hydrogens (tertiary/aromatic N) is 1. The van der Waals surface area contributed by atoms with E-state index in [1.165, 1.54) is 11.1 Å². The number of carboxylic acids is 1. The van der Waals surface area contributed by atoms with Crippen LogP contribution in [0.3, 0.4) is 0 Å². The summed E-state index contributed by atoms with van der Waals surface area (Å²) in [6.07, 6.45) is 1.73. The maximum atomic E-state index is 11.0. The molecular formula is C15H22Cl4N2O2. The molecule has 0 spiro atoms. The third-order valence-corrected chi connectivity index (χ3v) is 4.55. The van der Waals surface area contributed by atoms with Crippen molar-refractivity contribution in [2.75, 3.05) is 19.6 Å². The second kappa shape index (κ2) is 9.92. The van der Waals surface area contributed by atoms with Crippen molar-refractivity contribution < 1.29 is 9.90 Å². The van der Waals surface area contributed by atoms with Gasteiger partial charge in [0.05, 0.1) is 5.92 Å². The second-order valence-corrected chi connectivity index (χ2v) is 6.21. The fraction of sp³-hybridized carbons (Fsp3) is 0.533. The summed E-state index contributed by atoms with van der Waals surface area (Å²) in [6.45, 7) is 3.34.